The number of rotatable bonds is 12. The Morgan fingerprint density at radius 2 is 1.95 bits per heavy atom. The molecule has 0 bridgehead atoms. The fraction of sp³-hybridized carbons (Fsp3) is 0.704. The number of aliphatic hydroxyl groups is 4. The molecule has 0 spiro atoms. The first-order valence-electron chi connectivity index (χ1n) is 13.5. The molecular formula is C27H41NO12. The van der Waals surface area contributed by atoms with E-state index in [0.717, 1.165) is 4.90 Å². The molecule has 3 aliphatic heterocycles. The van der Waals surface area contributed by atoms with Crippen LogP contribution in [-0.4, -0.2) is 116 Å². The quantitative estimate of drug-likeness (QED) is 0.115. The third kappa shape index (κ3) is 7.47. The summed E-state index contributed by atoms with van der Waals surface area (Å²) in [5, 5.41) is 51.5. The van der Waals surface area contributed by atoms with Crippen LogP contribution in [0.25, 0.3) is 0 Å². The number of carbonyl (C=O) groups excluding carboxylic acids is 2. The van der Waals surface area contributed by atoms with E-state index in [1.165, 1.54) is 19.4 Å². The van der Waals surface area contributed by atoms with Crippen LogP contribution in [0.5, 0.6) is 0 Å². The number of allylic oxidation sites excluding steroid dienone is 1. The van der Waals surface area contributed by atoms with Gasteiger partial charge in [0.15, 0.2) is 6.29 Å². The number of methoxy groups -OCH3 is 1. The van der Waals surface area contributed by atoms with E-state index in [9.17, 15) is 35.1 Å². The van der Waals surface area contributed by atoms with Gasteiger partial charge in [-0.05, 0) is 13.3 Å². The molecular weight excluding hydrogens is 530 g/mol. The number of carbonyl (C=O) groups is 2. The monoisotopic (exact) mass is 571 g/mol. The third-order valence-electron chi connectivity index (χ3n) is 7.62. The molecule has 11 unspecified atom stereocenters. The van der Waals surface area contributed by atoms with E-state index < -0.39 is 73.3 Å². The Morgan fingerprint density at radius 3 is 2.55 bits per heavy atom. The van der Waals surface area contributed by atoms with Crippen LogP contribution >= 0.6 is 0 Å². The number of hydrogen-bond acceptors (Lipinski definition) is 12. The lowest BCUT2D eigenvalue weighted by Crippen LogP contribution is -3.15. The number of ether oxygens (including phenoxy) is 5. The maximum Gasteiger partial charge on any atom is 0.337 e. The van der Waals surface area contributed by atoms with E-state index in [1.807, 2.05) is 6.08 Å². The Labute approximate surface area is 233 Å². The number of aliphatic carboxylic acids is 1. The summed E-state index contributed by atoms with van der Waals surface area (Å²) in [6, 6.07) is 0. The van der Waals surface area contributed by atoms with E-state index >= 15 is 0 Å². The maximum atomic E-state index is 12.6. The van der Waals surface area contributed by atoms with Crippen molar-refractivity contribution in [2.75, 3.05) is 46.6 Å². The average molecular weight is 572 g/mol. The predicted octanol–water partition coefficient (Wildman–Crippen LogP) is -3.50. The molecule has 0 aromatic heterocycles. The van der Waals surface area contributed by atoms with Gasteiger partial charge in [-0.25, -0.2) is 4.79 Å². The van der Waals surface area contributed by atoms with Gasteiger partial charge in [-0.3, -0.25) is 0 Å². The van der Waals surface area contributed by atoms with Crippen LogP contribution in [0.1, 0.15) is 13.3 Å². The van der Waals surface area contributed by atoms with Crippen molar-refractivity contribution >= 4 is 11.9 Å². The SMILES string of the molecule is C=CC1C(OC2OC(CO)C(O)C(O)C2OCC)OC=C(C(=O)OC)C1C=CC1CC(C(=O)[O-])C[NH+](CCO)C1. The summed E-state index contributed by atoms with van der Waals surface area (Å²) < 4.78 is 28.0. The summed E-state index contributed by atoms with van der Waals surface area (Å²) in [5.74, 6) is -3.94. The number of carboxylic acids is 1. The molecule has 5 N–H and O–H groups in total. The first-order chi connectivity index (χ1) is 19.2. The number of esters is 1. The van der Waals surface area contributed by atoms with Gasteiger partial charge in [0.05, 0.1) is 57.1 Å². The summed E-state index contributed by atoms with van der Waals surface area (Å²) in [6.45, 7) is 6.47. The number of aliphatic hydroxyl groups excluding tert-OH is 4. The second-order valence-electron chi connectivity index (χ2n) is 10.2. The van der Waals surface area contributed by atoms with Crippen LogP contribution in [0, 0.1) is 23.7 Å². The highest BCUT2D eigenvalue weighted by Crippen LogP contribution is 2.37. The summed E-state index contributed by atoms with van der Waals surface area (Å²) in [6.07, 6.45) is -0.644. The fourth-order valence-corrected chi connectivity index (χ4v) is 5.57. The van der Waals surface area contributed by atoms with Gasteiger partial charge in [0.25, 0.3) is 0 Å². The first-order valence-corrected chi connectivity index (χ1v) is 13.5. The molecule has 11 atom stereocenters. The molecule has 13 nitrogen and oxygen atoms in total. The van der Waals surface area contributed by atoms with Crippen LogP contribution in [0.2, 0.25) is 0 Å². The Balaban J connectivity index is 1.86. The number of likely N-dealkylation sites (tertiary alicyclic amines) is 1. The Bertz CT molecular complexity index is 925. The molecule has 3 rings (SSSR count). The minimum Gasteiger partial charge on any atom is -0.550 e. The zero-order valence-corrected chi connectivity index (χ0v) is 22.8. The van der Waals surface area contributed by atoms with Crippen molar-refractivity contribution in [3.63, 3.8) is 0 Å². The van der Waals surface area contributed by atoms with Crippen molar-refractivity contribution in [2.45, 2.75) is 50.3 Å². The predicted molar refractivity (Wildman–Crippen MR) is 135 cm³/mol. The zero-order valence-electron chi connectivity index (χ0n) is 22.8. The summed E-state index contributed by atoms with van der Waals surface area (Å²) in [4.78, 5) is 25.2. The molecule has 0 saturated carbocycles. The lowest BCUT2D eigenvalue weighted by atomic mass is 9.81. The van der Waals surface area contributed by atoms with Crippen molar-refractivity contribution in [3.8, 4) is 0 Å². The molecule has 0 radical (unpaired) electrons. The van der Waals surface area contributed by atoms with Gasteiger partial charge < -0.3 is 58.9 Å². The smallest absolute Gasteiger partial charge is 0.337 e. The van der Waals surface area contributed by atoms with Crippen LogP contribution in [0.4, 0.5) is 0 Å². The van der Waals surface area contributed by atoms with Gasteiger partial charge in [-0.1, -0.05) is 18.2 Å². The number of nitrogens with one attached hydrogen (secondary N) is 1. The highest BCUT2D eigenvalue weighted by atomic mass is 16.8. The van der Waals surface area contributed by atoms with E-state index in [2.05, 4.69) is 6.58 Å². The minimum atomic E-state index is -1.41. The van der Waals surface area contributed by atoms with E-state index in [1.54, 1.807) is 13.0 Å². The molecule has 0 aliphatic carbocycles. The van der Waals surface area contributed by atoms with Crippen LogP contribution in [-0.2, 0) is 33.3 Å². The number of piperidine rings is 1. The largest absolute Gasteiger partial charge is 0.550 e. The molecule has 2 saturated heterocycles. The molecule has 0 aromatic carbocycles. The highest BCUT2D eigenvalue weighted by molar-refractivity contribution is 5.89. The standard InChI is InChI=1S/C27H41NO12/c1-4-17-18(7-6-15-10-16(24(33)34)12-28(11-15)8-9-29)19(25(35)36-3)14-38-26(17)40-27-23(37-5-2)22(32)21(31)20(13-30)39-27/h4,6-7,14-18,20-23,26-27,29-32H,1,5,8-13H2,2-3H3,(H,33,34). The Morgan fingerprint density at radius 1 is 1.20 bits per heavy atom. The van der Waals surface area contributed by atoms with Crippen LogP contribution in [0.15, 0.2) is 36.6 Å². The normalized spacial score (nSPS) is 38.4. The van der Waals surface area contributed by atoms with Gasteiger partial charge >= 0.3 is 5.97 Å². The molecule has 3 heterocycles. The highest BCUT2D eigenvalue weighted by Gasteiger charge is 2.48. The zero-order chi connectivity index (χ0) is 29.4. The van der Waals surface area contributed by atoms with Crippen molar-refractivity contribution in [1.29, 1.82) is 0 Å². The van der Waals surface area contributed by atoms with Crippen LogP contribution < -0.4 is 10.0 Å². The van der Waals surface area contributed by atoms with E-state index in [-0.39, 0.29) is 24.7 Å². The number of carboxylic acid groups (broad SMARTS) is 1. The Hall–Kier alpha value is -2.36. The lowest BCUT2D eigenvalue weighted by Gasteiger charge is -2.44. The van der Waals surface area contributed by atoms with Crippen molar-refractivity contribution in [1.82, 2.24) is 0 Å². The molecule has 2 fully saturated rings. The molecule has 13 heteroatoms. The van der Waals surface area contributed by atoms with Crippen molar-refractivity contribution in [3.05, 3.63) is 36.6 Å². The fourth-order valence-electron chi connectivity index (χ4n) is 5.57. The molecule has 0 amide bonds. The first kappa shape index (κ1) is 32.2. The summed E-state index contributed by atoms with van der Waals surface area (Å²) in [5.41, 5.74) is 0.185. The van der Waals surface area contributed by atoms with E-state index in [4.69, 9.17) is 23.7 Å². The molecule has 3 aliphatic rings. The van der Waals surface area contributed by atoms with E-state index in [0.29, 0.717) is 26.1 Å². The van der Waals surface area contributed by atoms with Gasteiger partial charge in [0.2, 0.25) is 6.29 Å². The second kappa shape index (κ2) is 15.0. The van der Waals surface area contributed by atoms with Crippen molar-refractivity contribution < 1.29 is 63.7 Å². The second-order valence-corrected chi connectivity index (χ2v) is 10.2. The number of quaternary nitrogens is 1. The van der Waals surface area contributed by atoms with Gasteiger partial charge in [0.1, 0.15) is 31.0 Å². The summed E-state index contributed by atoms with van der Waals surface area (Å²) >= 11 is 0. The van der Waals surface area contributed by atoms with Gasteiger partial charge in [-0.2, -0.15) is 0 Å². The average Bonchev–Trinajstić information content (AvgIpc) is 2.95. The van der Waals surface area contributed by atoms with Crippen molar-refractivity contribution in [2.24, 2.45) is 23.7 Å². The van der Waals surface area contributed by atoms with Gasteiger partial charge in [0, 0.05) is 24.4 Å². The van der Waals surface area contributed by atoms with Gasteiger partial charge in [-0.15, -0.1) is 6.58 Å². The number of hydrogen-bond donors (Lipinski definition) is 5. The minimum absolute atomic E-state index is 0.0763. The Kier molecular flexibility index (Phi) is 12.1. The molecule has 226 valence electrons. The third-order valence-corrected chi connectivity index (χ3v) is 7.62. The van der Waals surface area contributed by atoms with Crippen LogP contribution in [0.3, 0.4) is 0 Å². The maximum absolute atomic E-state index is 12.6. The lowest BCUT2D eigenvalue weighted by molar-refractivity contribution is -0.911. The molecule has 40 heavy (non-hydrogen) atoms. The summed E-state index contributed by atoms with van der Waals surface area (Å²) in [7, 11) is 1.24. The molecule has 0 aromatic rings. The topological polar surface area (TPSA) is 189 Å².